The maximum atomic E-state index is 10.7. The number of aromatic nitrogens is 2. The van der Waals surface area contributed by atoms with Gasteiger partial charge >= 0.3 is 0 Å². The van der Waals surface area contributed by atoms with Crippen LogP contribution in [0.3, 0.4) is 0 Å². The molecule has 0 aliphatic heterocycles. The van der Waals surface area contributed by atoms with Gasteiger partial charge in [-0.3, -0.25) is 14.8 Å². The van der Waals surface area contributed by atoms with Gasteiger partial charge in [-0.05, 0) is 18.6 Å². The first-order chi connectivity index (χ1) is 9.60. The van der Waals surface area contributed by atoms with E-state index in [2.05, 4.69) is 17.3 Å². The van der Waals surface area contributed by atoms with Gasteiger partial charge in [-0.1, -0.05) is 18.5 Å². The Labute approximate surface area is 121 Å². The minimum Gasteiger partial charge on any atom is -0.381 e. The molecule has 0 aliphatic rings. The molecule has 0 aliphatic carbocycles. The summed E-state index contributed by atoms with van der Waals surface area (Å²) >= 11 is 5.85. The van der Waals surface area contributed by atoms with Gasteiger partial charge in [0.25, 0.3) is 5.69 Å². The molecule has 0 bridgehead atoms. The van der Waals surface area contributed by atoms with Gasteiger partial charge in [-0.15, -0.1) is 0 Å². The second-order valence-corrected chi connectivity index (χ2v) is 4.80. The zero-order valence-corrected chi connectivity index (χ0v) is 11.8. The molecule has 0 saturated carbocycles. The Morgan fingerprint density at radius 3 is 2.95 bits per heavy atom. The Balaban J connectivity index is 1.99. The van der Waals surface area contributed by atoms with Gasteiger partial charge < -0.3 is 5.32 Å². The fourth-order valence-corrected chi connectivity index (χ4v) is 2.07. The van der Waals surface area contributed by atoms with E-state index in [1.54, 1.807) is 18.3 Å². The second-order valence-electron chi connectivity index (χ2n) is 4.39. The minimum absolute atomic E-state index is 0.0898. The summed E-state index contributed by atoms with van der Waals surface area (Å²) in [5, 5.41) is 18.2. The average molecular weight is 295 g/mol. The zero-order chi connectivity index (χ0) is 14.5. The fourth-order valence-electron chi connectivity index (χ4n) is 1.82. The van der Waals surface area contributed by atoms with Crippen molar-refractivity contribution < 1.29 is 4.92 Å². The van der Waals surface area contributed by atoms with Gasteiger partial charge in [-0.2, -0.15) is 5.10 Å². The van der Waals surface area contributed by atoms with Crippen molar-refractivity contribution in [2.24, 2.45) is 0 Å². The molecule has 0 radical (unpaired) electrons. The molecule has 0 saturated heterocycles. The molecule has 0 atom stereocenters. The van der Waals surface area contributed by atoms with Crippen LogP contribution in [0, 0.1) is 10.1 Å². The molecule has 106 valence electrons. The highest BCUT2D eigenvalue weighted by atomic mass is 35.5. The van der Waals surface area contributed by atoms with Crippen molar-refractivity contribution in [2.45, 2.75) is 26.4 Å². The molecule has 0 unspecified atom stereocenters. The van der Waals surface area contributed by atoms with E-state index in [1.165, 1.54) is 6.07 Å². The Kier molecular flexibility index (Phi) is 4.57. The molecule has 2 rings (SSSR count). The van der Waals surface area contributed by atoms with Gasteiger partial charge in [0.05, 0.1) is 11.1 Å². The van der Waals surface area contributed by atoms with Gasteiger partial charge in [-0.25, -0.2) is 0 Å². The normalized spacial score (nSPS) is 10.5. The molecule has 20 heavy (non-hydrogen) atoms. The van der Waals surface area contributed by atoms with Crippen molar-refractivity contribution in [3.63, 3.8) is 0 Å². The summed E-state index contributed by atoms with van der Waals surface area (Å²) in [5.74, 6) is 0. The van der Waals surface area contributed by atoms with Crippen molar-refractivity contribution in [3.8, 4) is 0 Å². The molecule has 1 N–H and O–H groups in total. The van der Waals surface area contributed by atoms with E-state index >= 15 is 0 Å². The van der Waals surface area contributed by atoms with Gasteiger partial charge in [0.2, 0.25) is 0 Å². The third kappa shape index (κ3) is 3.48. The highest BCUT2D eigenvalue weighted by Crippen LogP contribution is 2.27. The Morgan fingerprint density at radius 2 is 2.30 bits per heavy atom. The van der Waals surface area contributed by atoms with Crippen LogP contribution < -0.4 is 5.32 Å². The number of hydrogen-bond acceptors (Lipinski definition) is 4. The lowest BCUT2D eigenvalue weighted by Gasteiger charge is -2.05. The van der Waals surface area contributed by atoms with Crippen molar-refractivity contribution in [1.82, 2.24) is 9.78 Å². The first-order valence-electron chi connectivity index (χ1n) is 6.29. The summed E-state index contributed by atoms with van der Waals surface area (Å²) in [6.07, 6.45) is 4.81. The first kappa shape index (κ1) is 14.3. The second kappa shape index (κ2) is 6.38. The van der Waals surface area contributed by atoms with E-state index in [0.29, 0.717) is 6.54 Å². The number of nitrogens with one attached hydrogen (secondary N) is 1. The third-order valence-electron chi connectivity index (χ3n) is 2.78. The zero-order valence-electron chi connectivity index (χ0n) is 11.0. The van der Waals surface area contributed by atoms with E-state index in [0.717, 1.165) is 24.2 Å². The molecule has 6 nitrogen and oxygen atoms in total. The lowest BCUT2D eigenvalue weighted by molar-refractivity contribution is -0.384. The summed E-state index contributed by atoms with van der Waals surface area (Å²) in [7, 11) is 0. The molecular weight excluding hydrogens is 280 g/mol. The van der Waals surface area contributed by atoms with Crippen LogP contribution in [0.15, 0.2) is 30.6 Å². The Hall–Kier alpha value is -2.08. The average Bonchev–Trinajstić information content (AvgIpc) is 2.84. The molecule has 1 aromatic heterocycles. The molecule has 1 aromatic carbocycles. The van der Waals surface area contributed by atoms with Crippen LogP contribution in [0.1, 0.15) is 18.9 Å². The summed E-state index contributed by atoms with van der Waals surface area (Å²) in [5.41, 5.74) is 1.70. The van der Waals surface area contributed by atoms with Gasteiger partial charge in [0.15, 0.2) is 0 Å². The van der Waals surface area contributed by atoms with E-state index in [9.17, 15) is 10.1 Å². The maximum absolute atomic E-state index is 10.7. The van der Waals surface area contributed by atoms with Gasteiger partial charge in [0.1, 0.15) is 5.02 Å². The molecular formula is C13H15ClN4O2. The summed E-state index contributed by atoms with van der Waals surface area (Å²) in [6.45, 7) is 3.58. The molecule has 0 amide bonds. The van der Waals surface area contributed by atoms with Crippen LogP contribution in [0.2, 0.25) is 5.02 Å². The molecule has 1 heterocycles. The number of benzene rings is 1. The highest BCUT2D eigenvalue weighted by Gasteiger charge is 2.11. The number of nitrogens with zero attached hydrogens (tertiary/aromatic N) is 3. The van der Waals surface area contributed by atoms with Gasteiger partial charge in [0, 0.05) is 36.6 Å². The van der Waals surface area contributed by atoms with Crippen LogP contribution in [-0.4, -0.2) is 14.7 Å². The SMILES string of the molecule is CCCn1cc(CNc2ccc([N+](=O)[O-])c(Cl)c2)cn1. The third-order valence-corrected chi connectivity index (χ3v) is 3.08. The minimum atomic E-state index is -0.499. The lowest BCUT2D eigenvalue weighted by Crippen LogP contribution is -1.99. The van der Waals surface area contributed by atoms with Crippen LogP contribution in [0.4, 0.5) is 11.4 Å². The lowest BCUT2D eigenvalue weighted by atomic mass is 10.2. The summed E-state index contributed by atoms with van der Waals surface area (Å²) in [4.78, 5) is 10.2. The molecule has 0 fully saturated rings. The Bertz CT molecular complexity index is 612. The molecule has 7 heteroatoms. The van der Waals surface area contributed by atoms with Crippen molar-refractivity contribution in [3.05, 3.63) is 51.3 Å². The van der Waals surface area contributed by atoms with Crippen LogP contribution in [0.5, 0.6) is 0 Å². The monoisotopic (exact) mass is 294 g/mol. The summed E-state index contributed by atoms with van der Waals surface area (Å²) in [6, 6.07) is 4.59. The molecule has 0 spiro atoms. The number of aryl methyl sites for hydroxylation is 1. The maximum Gasteiger partial charge on any atom is 0.288 e. The smallest absolute Gasteiger partial charge is 0.288 e. The fraction of sp³-hybridized carbons (Fsp3) is 0.308. The predicted molar refractivity (Wildman–Crippen MR) is 78.0 cm³/mol. The number of nitro groups is 1. The standard InChI is InChI=1S/C13H15ClN4O2/c1-2-5-17-9-10(8-16-17)7-15-11-3-4-13(18(19)20)12(14)6-11/h3-4,6,8-9,15H,2,5,7H2,1H3. The van der Waals surface area contributed by atoms with Crippen LogP contribution >= 0.6 is 11.6 Å². The van der Waals surface area contributed by atoms with E-state index in [-0.39, 0.29) is 10.7 Å². The predicted octanol–water partition coefficient (Wildman–Crippen LogP) is 3.47. The molecule has 2 aromatic rings. The quantitative estimate of drug-likeness (QED) is 0.654. The topological polar surface area (TPSA) is 73.0 Å². The van der Waals surface area contributed by atoms with E-state index in [4.69, 9.17) is 11.6 Å². The van der Waals surface area contributed by atoms with Crippen molar-refractivity contribution >= 4 is 23.0 Å². The van der Waals surface area contributed by atoms with Crippen LogP contribution in [-0.2, 0) is 13.1 Å². The van der Waals surface area contributed by atoms with Crippen molar-refractivity contribution in [2.75, 3.05) is 5.32 Å². The number of nitro benzene ring substituents is 1. The number of rotatable bonds is 6. The number of halogens is 1. The van der Waals surface area contributed by atoms with Crippen molar-refractivity contribution in [1.29, 1.82) is 0 Å². The number of anilines is 1. The largest absolute Gasteiger partial charge is 0.381 e. The van der Waals surface area contributed by atoms with E-state index < -0.39 is 4.92 Å². The first-order valence-corrected chi connectivity index (χ1v) is 6.67. The van der Waals surface area contributed by atoms with Crippen LogP contribution in [0.25, 0.3) is 0 Å². The highest BCUT2D eigenvalue weighted by molar-refractivity contribution is 6.32. The van der Waals surface area contributed by atoms with E-state index in [1.807, 2.05) is 10.9 Å². The Morgan fingerprint density at radius 1 is 1.50 bits per heavy atom. The summed E-state index contributed by atoms with van der Waals surface area (Å²) < 4.78 is 1.89. The number of hydrogen-bond donors (Lipinski definition) is 1.